The van der Waals surface area contributed by atoms with Gasteiger partial charge in [-0.1, -0.05) is 81.6 Å². The summed E-state index contributed by atoms with van der Waals surface area (Å²) in [5.74, 6) is -0.149. The number of imidazole rings is 1. The van der Waals surface area contributed by atoms with Crippen LogP contribution in [-0.4, -0.2) is 35.7 Å². The Balaban J connectivity index is 1.51. The molecule has 1 N–H and O–H groups in total. The van der Waals surface area contributed by atoms with Crippen LogP contribution in [0, 0.1) is 11.8 Å². The Morgan fingerprint density at radius 2 is 1.73 bits per heavy atom. The van der Waals surface area contributed by atoms with Gasteiger partial charge in [0.1, 0.15) is 5.69 Å². The Morgan fingerprint density at radius 3 is 2.35 bits per heavy atom. The van der Waals surface area contributed by atoms with E-state index in [1.807, 2.05) is 62.4 Å². The SMILES string of the molecule is CC(C)CCc1c(C(F)F)n(C(=O)C2CCCCC2)c(=O)n1Cc1ccc(-c2ccccc2-c2nn[nH]n2)cc1. The Bertz CT molecular complexity index is 1500. The van der Waals surface area contributed by atoms with E-state index in [9.17, 15) is 18.4 Å². The van der Waals surface area contributed by atoms with Crippen molar-refractivity contribution in [2.24, 2.45) is 11.8 Å². The fourth-order valence-electron chi connectivity index (χ4n) is 5.60. The van der Waals surface area contributed by atoms with Crippen LogP contribution in [0.1, 0.15) is 80.5 Å². The van der Waals surface area contributed by atoms with E-state index in [4.69, 9.17) is 0 Å². The number of H-pyrrole nitrogens is 1. The quantitative estimate of drug-likeness (QED) is 0.265. The van der Waals surface area contributed by atoms with Gasteiger partial charge in [0.15, 0.2) is 0 Å². The number of nitrogens with one attached hydrogen (secondary N) is 1. The van der Waals surface area contributed by atoms with Gasteiger partial charge in [-0.15, -0.1) is 10.2 Å². The number of benzene rings is 2. The van der Waals surface area contributed by atoms with Gasteiger partial charge in [-0.05, 0) is 53.5 Å². The Hall–Kier alpha value is -3.95. The molecule has 8 nitrogen and oxygen atoms in total. The molecule has 4 aromatic rings. The summed E-state index contributed by atoms with van der Waals surface area (Å²) >= 11 is 0. The highest BCUT2D eigenvalue weighted by Gasteiger charge is 2.33. The van der Waals surface area contributed by atoms with Crippen LogP contribution in [0.5, 0.6) is 0 Å². The molecule has 0 atom stereocenters. The third kappa shape index (κ3) is 5.66. The predicted octanol–water partition coefficient (Wildman–Crippen LogP) is 6.29. The lowest BCUT2D eigenvalue weighted by Gasteiger charge is -2.21. The summed E-state index contributed by atoms with van der Waals surface area (Å²) in [7, 11) is 0. The molecule has 0 radical (unpaired) electrons. The van der Waals surface area contributed by atoms with Crippen molar-refractivity contribution < 1.29 is 13.6 Å². The second-order valence-corrected chi connectivity index (χ2v) is 10.9. The summed E-state index contributed by atoms with van der Waals surface area (Å²) in [4.78, 5) is 27.1. The third-order valence-electron chi connectivity index (χ3n) is 7.74. The van der Waals surface area contributed by atoms with Gasteiger partial charge in [0.2, 0.25) is 11.7 Å². The summed E-state index contributed by atoms with van der Waals surface area (Å²) in [6, 6.07) is 15.3. The molecule has 2 heterocycles. The minimum Gasteiger partial charge on any atom is -0.291 e. The normalized spacial score (nSPS) is 14.3. The molecule has 1 aliphatic rings. The number of hydrogen-bond acceptors (Lipinski definition) is 5. The van der Waals surface area contributed by atoms with Crippen molar-refractivity contribution in [1.29, 1.82) is 0 Å². The molecule has 0 spiro atoms. The van der Waals surface area contributed by atoms with Crippen LogP contribution in [0.15, 0.2) is 53.3 Å². The lowest BCUT2D eigenvalue weighted by molar-refractivity contribution is 0.0758. The van der Waals surface area contributed by atoms with Gasteiger partial charge in [0.25, 0.3) is 6.43 Å². The standard InChI is InChI=1S/C30H34F2N6O2/c1-19(2)12-17-25-26(27(31)32)38(29(39)22-8-4-3-5-9-22)30(40)37(25)18-20-13-15-21(16-14-20)23-10-6-7-11-24(23)28-33-35-36-34-28/h6-7,10-11,13-16,19,22,27H,3-5,8-9,12,17-18H2,1-2H3,(H,33,34,35,36). The second-order valence-electron chi connectivity index (χ2n) is 10.9. The molecule has 5 rings (SSSR count). The van der Waals surface area contributed by atoms with Crippen molar-refractivity contribution in [2.45, 2.75) is 71.8 Å². The summed E-state index contributed by atoms with van der Waals surface area (Å²) < 4.78 is 31.2. The van der Waals surface area contributed by atoms with Crippen LogP contribution in [0.25, 0.3) is 22.5 Å². The van der Waals surface area contributed by atoms with Crippen molar-refractivity contribution in [2.75, 3.05) is 0 Å². The fourth-order valence-corrected chi connectivity index (χ4v) is 5.60. The fraction of sp³-hybridized carbons (Fsp3) is 0.433. The summed E-state index contributed by atoms with van der Waals surface area (Å²) in [5, 5.41) is 14.3. The average Bonchev–Trinajstić information content (AvgIpc) is 3.59. The smallest absolute Gasteiger partial charge is 0.291 e. The Kier molecular flexibility index (Phi) is 8.32. The minimum absolute atomic E-state index is 0.101. The molecule has 1 saturated carbocycles. The van der Waals surface area contributed by atoms with Gasteiger partial charge in [0.05, 0.1) is 6.54 Å². The van der Waals surface area contributed by atoms with Crippen LogP contribution < -0.4 is 5.69 Å². The van der Waals surface area contributed by atoms with E-state index in [-0.39, 0.29) is 18.2 Å². The number of rotatable bonds is 9. The van der Waals surface area contributed by atoms with Gasteiger partial charge in [-0.3, -0.25) is 9.36 Å². The maximum atomic E-state index is 14.5. The van der Waals surface area contributed by atoms with Crippen LogP contribution in [0.4, 0.5) is 8.78 Å². The molecule has 1 aliphatic carbocycles. The van der Waals surface area contributed by atoms with E-state index in [0.717, 1.165) is 46.1 Å². The average molecular weight is 549 g/mol. The first-order valence-electron chi connectivity index (χ1n) is 13.9. The maximum Gasteiger partial charge on any atom is 0.335 e. The van der Waals surface area contributed by atoms with Crippen LogP contribution in [0.3, 0.4) is 0 Å². The largest absolute Gasteiger partial charge is 0.335 e. The zero-order chi connectivity index (χ0) is 28.2. The number of halogens is 2. The number of aromatic amines is 1. The van der Waals surface area contributed by atoms with Gasteiger partial charge in [0, 0.05) is 17.2 Å². The zero-order valence-electron chi connectivity index (χ0n) is 22.8. The van der Waals surface area contributed by atoms with E-state index >= 15 is 0 Å². The molecular formula is C30H34F2N6O2. The number of hydrogen-bond donors (Lipinski definition) is 1. The number of carbonyl (C=O) groups excluding carboxylic acids is 1. The molecule has 2 aromatic carbocycles. The van der Waals surface area contributed by atoms with Gasteiger partial charge in [-0.25, -0.2) is 18.1 Å². The summed E-state index contributed by atoms with van der Waals surface area (Å²) in [5.41, 5.74) is 2.56. The highest BCUT2D eigenvalue weighted by atomic mass is 19.3. The highest BCUT2D eigenvalue weighted by molar-refractivity contribution is 5.82. The summed E-state index contributed by atoms with van der Waals surface area (Å²) in [6.45, 7) is 4.13. The van der Waals surface area contributed by atoms with Crippen molar-refractivity contribution in [3.8, 4) is 22.5 Å². The van der Waals surface area contributed by atoms with E-state index in [1.54, 1.807) is 0 Å². The van der Waals surface area contributed by atoms with Crippen molar-refractivity contribution in [3.63, 3.8) is 0 Å². The van der Waals surface area contributed by atoms with E-state index in [1.165, 1.54) is 4.57 Å². The molecular weight excluding hydrogens is 514 g/mol. The monoisotopic (exact) mass is 548 g/mol. The van der Waals surface area contributed by atoms with E-state index in [2.05, 4.69) is 20.6 Å². The summed E-state index contributed by atoms with van der Waals surface area (Å²) in [6.07, 6.45) is 2.04. The number of tetrazole rings is 1. The molecule has 210 valence electrons. The number of nitrogens with zero attached hydrogens (tertiary/aromatic N) is 5. The van der Waals surface area contributed by atoms with Gasteiger partial charge in [-0.2, -0.15) is 5.21 Å². The first kappa shape index (κ1) is 27.6. The highest BCUT2D eigenvalue weighted by Crippen LogP contribution is 2.32. The maximum absolute atomic E-state index is 14.5. The number of aromatic nitrogens is 6. The zero-order valence-corrected chi connectivity index (χ0v) is 22.8. The van der Waals surface area contributed by atoms with Crippen molar-refractivity contribution in [1.82, 2.24) is 29.8 Å². The Morgan fingerprint density at radius 1 is 1.02 bits per heavy atom. The van der Waals surface area contributed by atoms with Crippen molar-refractivity contribution >= 4 is 5.91 Å². The molecule has 1 fully saturated rings. The lowest BCUT2D eigenvalue weighted by Crippen LogP contribution is -2.35. The molecule has 2 aromatic heterocycles. The first-order chi connectivity index (χ1) is 19.3. The lowest BCUT2D eigenvalue weighted by atomic mass is 9.88. The number of alkyl halides is 2. The minimum atomic E-state index is -2.92. The molecule has 40 heavy (non-hydrogen) atoms. The van der Waals surface area contributed by atoms with Crippen molar-refractivity contribution in [3.05, 3.63) is 76.0 Å². The van der Waals surface area contributed by atoms with Gasteiger partial charge < -0.3 is 0 Å². The van der Waals surface area contributed by atoms with E-state index < -0.39 is 29.6 Å². The van der Waals surface area contributed by atoms with Crippen LogP contribution >= 0.6 is 0 Å². The van der Waals surface area contributed by atoms with Gasteiger partial charge >= 0.3 is 5.69 Å². The van der Waals surface area contributed by atoms with E-state index in [0.29, 0.717) is 31.5 Å². The Labute approximate surface area is 231 Å². The molecule has 10 heteroatoms. The third-order valence-corrected chi connectivity index (χ3v) is 7.74. The second kappa shape index (κ2) is 12.1. The first-order valence-corrected chi connectivity index (χ1v) is 13.9. The molecule has 0 bridgehead atoms. The predicted molar refractivity (Wildman–Crippen MR) is 148 cm³/mol. The van der Waals surface area contributed by atoms with Crippen LogP contribution in [-0.2, 0) is 13.0 Å². The number of carbonyl (C=O) groups is 1. The molecule has 0 amide bonds. The molecule has 0 saturated heterocycles. The van der Waals surface area contributed by atoms with Crippen LogP contribution in [0.2, 0.25) is 0 Å². The molecule has 0 unspecified atom stereocenters. The topological polar surface area (TPSA) is 98.5 Å². The molecule has 0 aliphatic heterocycles.